The summed E-state index contributed by atoms with van der Waals surface area (Å²) in [5, 5.41) is 0.514. The second-order valence-electron chi connectivity index (χ2n) is 6.51. The van der Waals surface area contributed by atoms with Crippen LogP contribution in [0.1, 0.15) is 29.3 Å². The predicted octanol–water partition coefficient (Wildman–Crippen LogP) is 5.20. The summed E-state index contributed by atoms with van der Waals surface area (Å²) in [6.45, 7) is 1.82. The molecule has 1 heterocycles. The van der Waals surface area contributed by atoms with E-state index in [-0.39, 0.29) is 11.7 Å². The van der Waals surface area contributed by atoms with E-state index >= 15 is 0 Å². The fourth-order valence-corrected chi connectivity index (χ4v) is 3.27. The Hall–Kier alpha value is -2.98. The molecule has 4 nitrogen and oxygen atoms in total. The van der Waals surface area contributed by atoms with Crippen molar-refractivity contribution < 1.29 is 9.59 Å². The number of amides is 1. The third-order valence-corrected chi connectivity index (χ3v) is 4.94. The van der Waals surface area contributed by atoms with Crippen molar-refractivity contribution in [2.45, 2.75) is 19.8 Å². The first-order valence-electron chi connectivity index (χ1n) is 9.08. The summed E-state index contributed by atoms with van der Waals surface area (Å²) in [5.74, 6) is 0.0672. The lowest BCUT2D eigenvalue weighted by molar-refractivity contribution is -0.118. The van der Waals surface area contributed by atoms with Gasteiger partial charge in [-0.2, -0.15) is 0 Å². The Kier molecular flexibility index (Phi) is 6.22. The molecule has 0 spiro atoms. The molecule has 142 valence electrons. The number of anilines is 1. The Balaban J connectivity index is 1.77. The van der Waals surface area contributed by atoms with Gasteiger partial charge in [-0.15, -0.1) is 0 Å². The number of aromatic nitrogens is 1. The van der Waals surface area contributed by atoms with Crippen molar-refractivity contribution in [1.82, 2.24) is 4.98 Å². The van der Waals surface area contributed by atoms with Gasteiger partial charge >= 0.3 is 0 Å². The summed E-state index contributed by atoms with van der Waals surface area (Å²) < 4.78 is 0. The maximum absolute atomic E-state index is 12.4. The van der Waals surface area contributed by atoms with E-state index in [1.54, 1.807) is 24.3 Å². The molecular formula is C23H21ClN2O2. The highest BCUT2D eigenvalue weighted by Gasteiger charge is 2.13. The van der Waals surface area contributed by atoms with E-state index in [4.69, 9.17) is 11.6 Å². The number of halogens is 1. The number of ketones is 1. The maximum Gasteiger partial charge on any atom is 0.226 e. The van der Waals surface area contributed by atoms with Crippen LogP contribution in [0.25, 0.3) is 11.1 Å². The van der Waals surface area contributed by atoms with Crippen LogP contribution < -0.4 is 4.90 Å². The number of hydrogen-bond acceptors (Lipinski definition) is 3. The lowest BCUT2D eigenvalue weighted by Gasteiger charge is -2.18. The molecule has 0 saturated carbocycles. The zero-order valence-electron chi connectivity index (χ0n) is 15.9. The first kappa shape index (κ1) is 19.8. The molecule has 3 rings (SSSR count). The third kappa shape index (κ3) is 4.46. The molecule has 0 fully saturated rings. The van der Waals surface area contributed by atoms with Crippen LogP contribution in [0.2, 0.25) is 5.02 Å². The van der Waals surface area contributed by atoms with Gasteiger partial charge in [-0.3, -0.25) is 14.6 Å². The molecule has 0 N–H and O–H groups in total. The summed E-state index contributed by atoms with van der Waals surface area (Å²) in [5.41, 5.74) is 4.17. The molecule has 0 aliphatic rings. The van der Waals surface area contributed by atoms with Crippen molar-refractivity contribution in [2.75, 3.05) is 11.9 Å². The molecule has 0 unspecified atom stereocenters. The van der Waals surface area contributed by atoms with Crippen molar-refractivity contribution in [3.63, 3.8) is 0 Å². The van der Waals surface area contributed by atoms with Crippen molar-refractivity contribution in [3.8, 4) is 11.1 Å². The van der Waals surface area contributed by atoms with Crippen molar-refractivity contribution in [1.29, 1.82) is 0 Å². The lowest BCUT2D eigenvalue weighted by atomic mass is 9.99. The molecule has 0 saturated heterocycles. The normalized spacial score (nSPS) is 10.5. The summed E-state index contributed by atoms with van der Waals surface area (Å²) in [6.07, 6.45) is 4.14. The molecule has 0 radical (unpaired) electrons. The summed E-state index contributed by atoms with van der Waals surface area (Å²) in [4.78, 5) is 29.9. The molecule has 2 aromatic carbocycles. The zero-order valence-corrected chi connectivity index (χ0v) is 16.6. The van der Waals surface area contributed by atoms with Gasteiger partial charge < -0.3 is 4.90 Å². The van der Waals surface area contributed by atoms with Gasteiger partial charge in [-0.1, -0.05) is 48.9 Å². The van der Waals surface area contributed by atoms with Crippen LogP contribution in [0.5, 0.6) is 0 Å². The minimum absolute atomic E-state index is 0.00622. The van der Waals surface area contributed by atoms with Gasteiger partial charge in [0.15, 0.2) is 5.78 Å². The SMILES string of the molecule is CCC(=O)N(C)c1ccc(-c2ccc(C(=O)Cc3ccncc3)cc2)cc1Cl. The molecular weight excluding hydrogens is 372 g/mol. The second kappa shape index (κ2) is 8.81. The van der Waals surface area contributed by atoms with Crippen LogP contribution in [0.3, 0.4) is 0 Å². The zero-order chi connectivity index (χ0) is 20.1. The Morgan fingerprint density at radius 2 is 1.61 bits per heavy atom. The van der Waals surface area contributed by atoms with Gasteiger partial charge in [0.05, 0.1) is 10.7 Å². The van der Waals surface area contributed by atoms with Gasteiger partial charge in [-0.05, 0) is 41.0 Å². The van der Waals surface area contributed by atoms with E-state index in [9.17, 15) is 9.59 Å². The summed E-state index contributed by atoms with van der Waals surface area (Å²) in [6, 6.07) is 16.8. The monoisotopic (exact) mass is 392 g/mol. The highest BCUT2D eigenvalue weighted by molar-refractivity contribution is 6.34. The molecule has 0 aliphatic carbocycles. The van der Waals surface area contributed by atoms with Crippen molar-refractivity contribution in [3.05, 3.63) is 83.1 Å². The maximum atomic E-state index is 12.4. The van der Waals surface area contributed by atoms with E-state index in [1.807, 2.05) is 61.5 Å². The molecule has 1 aromatic heterocycles. The number of carbonyl (C=O) groups excluding carboxylic acids is 2. The first-order valence-corrected chi connectivity index (χ1v) is 9.46. The van der Waals surface area contributed by atoms with Crippen LogP contribution in [0, 0.1) is 0 Å². The van der Waals surface area contributed by atoms with Crippen molar-refractivity contribution in [2.24, 2.45) is 0 Å². The number of hydrogen-bond donors (Lipinski definition) is 0. The van der Waals surface area contributed by atoms with E-state index in [1.165, 1.54) is 0 Å². The van der Waals surface area contributed by atoms with E-state index in [0.29, 0.717) is 29.1 Å². The minimum atomic E-state index is 0.00622. The Morgan fingerprint density at radius 3 is 2.21 bits per heavy atom. The molecule has 0 atom stereocenters. The van der Waals surface area contributed by atoms with Crippen LogP contribution in [0.4, 0.5) is 5.69 Å². The predicted molar refractivity (Wildman–Crippen MR) is 113 cm³/mol. The average molecular weight is 393 g/mol. The molecule has 3 aromatic rings. The Bertz CT molecular complexity index is 985. The van der Waals surface area contributed by atoms with Gasteiger partial charge in [0.2, 0.25) is 5.91 Å². The van der Waals surface area contributed by atoms with Crippen LogP contribution in [-0.2, 0) is 11.2 Å². The highest BCUT2D eigenvalue weighted by Crippen LogP contribution is 2.31. The largest absolute Gasteiger partial charge is 0.314 e. The topological polar surface area (TPSA) is 50.3 Å². The fourth-order valence-electron chi connectivity index (χ4n) is 2.97. The minimum Gasteiger partial charge on any atom is -0.314 e. The van der Waals surface area contributed by atoms with Gasteiger partial charge in [-0.25, -0.2) is 0 Å². The summed E-state index contributed by atoms with van der Waals surface area (Å²) in [7, 11) is 1.72. The molecule has 0 aliphatic heterocycles. The van der Waals surface area contributed by atoms with Crippen LogP contribution >= 0.6 is 11.6 Å². The van der Waals surface area contributed by atoms with E-state index in [0.717, 1.165) is 16.7 Å². The number of nitrogens with zero attached hydrogens (tertiary/aromatic N) is 2. The number of pyridine rings is 1. The summed E-state index contributed by atoms with van der Waals surface area (Å²) >= 11 is 6.39. The quantitative estimate of drug-likeness (QED) is 0.542. The van der Waals surface area contributed by atoms with Gasteiger partial charge in [0.1, 0.15) is 0 Å². The Morgan fingerprint density at radius 1 is 0.964 bits per heavy atom. The van der Waals surface area contributed by atoms with Crippen LogP contribution in [0.15, 0.2) is 67.0 Å². The smallest absolute Gasteiger partial charge is 0.226 e. The van der Waals surface area contributed by atoms with Gasteiger partial charge in [0, 0.05) is 37.8 Å². The first-order chi connectivity index (χ1) is 13.5. The molecule has 28 heavy (non-hydrogen) atoms. The van der Waals surface area contributed by atoms with Gasteiger partial charge in [0.25, 0.3) is 0 Å². The molecule has 5 heteroatoms. The standard InChI is InChI=1S/C23H21ClN2O2/c1-3-23(28)26(2)21-9-8-19(15-20(21)24)17-4-6-18(7-5-17)22(27)14-16-10-12-25-13-11-16/h4-13,15H,3,14H2,1-2H3. The second-order valence-corrected chi connectivity index (χ2v) is 6.91. The third-order valence-electron chi connectivity index (χ3n) is 4.64. The highest BCUT2D eigenvalue weighted by atomic mass is 35.5. The van der Waals surface area contributed by atoms with Crippen molar-refractivity contribution >= 4 is 29.0 Å². The molecule has 1 amide bonds. The van der Waals surface area contributed by atoms with E-state index in [2.05, 4.69) is 4.98 Å². The fraction of sp³-hybridized carbons (Fsp3) is 0.174. The Labute approximate surface area is 169 Å². The lowest BCUT2D eigenvalue weighted by Crippen LogP contribution is -2.25. The van der Waals surface area contributed by atoms with Crippen LogP contribution in [-0.4, -0.2) is 23.7 Å². The average Bonchev–Trinajstić information content (AvgIpc) is 2.73. The number of benzene rings is 2. The molecule has 0 bridgehead atoms. The van der Waals surface area contributed by atoms with E-state index < -0.39 is 0 Å². The number of rotatable bonds is 6. The number of carbonyl (C=O) groups is 2. The number of Topliss-reactive ketones (excluding diaryl/α,β-unsaturated/α-hetero) is 1.